The lowest BCUT2D eigenvalue weighted by atomic mass is 9.84. The van der Waals surface area contributed by atoms with Gasteiger partial charge in [-0.3, -0.25) is 9.88 Å². The van der Waals surface area contributed by atoms with E-state index in [4.69, 9.17) is 0 Å². The summed E-state index contributed by atoms with van der Waals surface area (Å²) in [6.45, 7) is 2.50. The molecule has 128 valence electrons. The molecule has 0 spiro atoms. The molecule has 4 heteroatoms. The highest BCUT2D eigenvalue weighted by molar-refractivity contribution is 5.78. The van der Waals surface area contributed by atoms with Crippen LogP contribution in [0.1, 0.15) is 24.0 Å². The maximum atomic E-state index is 13.1. The highest BCUT2D eigenvalue weighted by Crippen LogP contribution is 2.33. The number of rotatable bonds is 3. The van der Waals surface area contributed by atoms with E-state index in [1.807, 2.05) is 12.3 Å². The molecule has 0 aliphatic carbocycles. The molecule has 0 unspecified atom stereocenters. The van der Waals surface area contributed by atoms with Gasteiger partial charge in [-0.15, -0.1) is 0 Å². The largest absolute Gasteiger partial charge is 0.385 e. The Morgan fingerprint density at radius 1 is 1.04 bits per heavy atom. The average molecular weight is 336 g/mol. The smallest absolute Gasteiger partial charge is 0.123 e. The predicted molar refractivity (Wildman–Crippen MR) is 96.6 cm³/mol. The van der Waals surface area contributed by atoms with Gasteiger partial charge in [0.15, 0.2) is 0 Å². The van der Waals surface area contributed by atoms with Crippen LogP contribution < -0.4 is 0 Å². The normalized spacial score (nSPS) is 17.7. The molecule has 1 aliphatic rings. The van der Waals surface area contributed by atoms with E-state index in [2.05, 4.69) is 34.1 Å². The fraction of sp³-hybridized carbons (Fsp3) is 0.286. The first-order valence-corrected chi connectivity index (χ1v) is 8.67. The molecule has 3 aromatic rings. The molecule has 0 atom stereocenters. The fourth-order valence-corrected chi connectivity index (χ4v) is 3.61. The number of aliphatic hydroxyl groups is 1. The summed E-state index contributed by atoms with van der Waals surface area (Å²) in [7, 11) is 0. The minimum atomic E-state index is -0.850. The Hall–Kier alpha value is -2.30. The Morgan fingerprint density at radius 2 is 1.80 bits per heavy atom. The molecule has 1 fully saturated rings. The van der Waals surface area contributed by atoms with Crippen LogP contribution in [0.15, 0.2) is 60.8 Å². The minimum absolute atomic E-state index is 0.268. The second kappa shape index (κ2) is 6.54. The van der Waals surface area contributed by atoms with Crippen molar-refractivity contribution in [2.45, 2.75) is 25.0 Å². The van der Waals surface area contributed by atoms with Gasteiger partial charge in [0.2, 0.25) is 0 Å². The molecular formula is C21H21FN2O. The summed E-state index contributed by atoms with van der Waals surface area (Å²) in [6, 6.07) is 16.6. The van der Waals surface area contributed by atoms with Crippen LogP contribution in [0.25, 0.3) is 10.9 Å². The van der Waals surface area contributed by atoms with Crippen LogP contribution in [0.4, 0.5) is 4.39 Å². The second-order valence-corrected chi connectivity index (χ2v) is 6.85. The summed E-state index contributed by atoms with van der Waals surface area (Å²) in [5.74, 6) is -0.268. The number of benzene rings is 2. The molecule has 0 saturated carbocycles. The maximum absolute atomic E-state index is 13.1. The zero-order valence-electron chi connectivity index (χ0n) is 14.0. The summed E-state index contributed by atoms with van der Waals surface area (Å²) in [5, 5.41) is 12.1. The molecule has 2 aromatic carbocycles. The zero-order chi connectivity index (χ0) is 17.3. The van der Waals surface area contributed by atoms with Crippen LogP contribution in [0.5, 0.6) is 0 Å². The molecule has 25 heavy (non-hydrogen) atoms. The first-order chi connectivity index (χ1) is 12.1. The van der Waals surface area contributed by atoms with Crippen molar-refractivity contribution in [1.29, 1.82) is 0 Å². The molecule has 0 amide bonds. The van der Waals surface area contributed by atoms with Crippen LogP contribution in [-0.4, -0.2) is 28.1 Å². The van der Waals surface area contributed by atoms with E-state index in [9.17, 15) is 9.50 Å². The van der Waals surface area contributed by atoms with Gasteiger partial charge in [-0.05, 0) is 54.3 Å². The van der Waals surface area contributed by atoms with Crippen LogP contribution in [-0.2, 0) is 12.1 Å². The van der Waals surface area contributed by atoms with Crippen molar-refractivity contribution in [2.75, 3.05) is 13.1 Å². The van der Waals surface area contributed by atoms with E-state index in [-0.39, 0.29) is 5.82 Å². The Balaban J connectivity index is 1.43. The summed E-state index contributed by atoms with van der Waals surface area (Å²) >= 11 is 0. The van der Waals surface area contributed by atoms with Gasteiger partial charge in [0.25, 0.3) is 0 Å². The molecule has 0 radical (unpaired) electrons. The van der Waals surface area contributed by atoms with E-state index in [0.29, 0.717) is 12.8 Å². The van der Waals surface area contributed by atoms with E-state index >= 15 is 0 Å². The van der Waals surface area contributed by atoms with Crippen molar-refractivity contribution in [3.63, 3.8) is 0 Å². The number of fused-ring (bicyclic) bond motifs is 1. The van der Waals surface area contributed by atoms with Gasteiger partial charge < -0.3 is 5.11 Å². The molecule has 1 aromatic heterocycles. The molecule has 1 N–H and O–H groups in total. The van der Waals surface area contributed by atoms with E-state index in [1.54, 1.807) is 12.1 Å². The molecule has 1 saturated heterocycles. The highest BCUT2D eigenvalue weighted by atomic mass is 19.1. The number of aromatic nitrogens is 1. The third kappa shape index (κ3) is 3.41. The Morgan fingerprint density at radius 3 is 2.56 bits per heavy atom. The van der Waals surface area contributed by atoms with Gasteiger partial charge in [-0.1, -0.05) is 24.3 Å². The van der Waals surface area contributed by atoms with Crippen molar-refractivity contribution in [3.8, 4) is 0 Å². The third-order valence-electron chi connectivity index (χ3n) is 5.14. The Kier molecular flexibility index (Phi) is 4.24. The van der Waals surface area contributed by atoms with Crippen LogP contribution in [0, 0.1) is 5.82 Å². The first-order valence-electron chi connectivity index (χ1n) is 8.67. The monoisotopic (exact) mass is 336 g/mol. The summed E-state index contributed by atoms with van der Waals surface area (Å²) in [5.41, 5.74) is 2.23. The van der Waals surface area contributed by atoms with Gasteiger partial charge >= 0.3 is 0 Å². The van der Waals surface area contributed by atoms with Gasteiger partial charge in [0.1, 0.15) is 5.82 Å². The van der Waals surface area contributed by atoms with E-state index < -0.39 is 5.60 Å². The summed E-state index contributed by atoms with van der Waals surface area (Å²) in [4.78, 5) is 6.71. The molecule has 2 heterocycles. The lowest BCUT2D eigenvalue weighted by molar-refractivity contribution is -0.0277. The fourth-order valence-electron chi connectivity index (χ4n) is 3.61. The number of hydrogen-bond donors (Lipinski definition) is 1. The van der Waals surface area contributed by atoms with Crippen molar-refractivity contribution in [1.82, 2.24) is 9.88 Å². The Bertz CT molecular complexity index is 870. The Labute approximate surface area is 146 Å². The van der Waals surface area contributed by atoms with Gasteiger partial charge in [0.05, 0.1) is 11.1 Å². The molecular weight excluding hydrogens is 315 g/mol. The maximum Gasteiger partial charge on any atom is 0.123 e. The number of halogens is 1. The predicted octanol–water partition coefficient (Wildman–Crippen LogP) is 3.86. The van der Waals surface area contributed by atoms with Crippen molar-refractivity contribution >= 4 is 10.9 Å². The van der Waals surface area contributed by atoms with Crippen molar-refractivity contribution in [3.05, 3.63) is 77.7 Å². The zero-order valence-corrected chi connectivity index (χ0v) is 14.0. The topological polar surface area (TPSA) is 36.4 Å². The lowest BCUT2D eigenvalue weighted by Gasteiger charge is -2.38. The van der Waals surface area contributed by atoms with Gasteiger partial charge in [-0.2, -0.15) is 0 Å². The highest BCUT2D eigenvalue weighted by Gasteiger charge is 2.33. The number of pyridine rings is 1. The second-order valence-electron chi connectivity index (χ2n) is 6.85. The molecule has 1 aliphatic heterocycles. The number of nitrogens with zero attached hydrogens (tertiary/aromatic N) is 2. The summed E-state index contributed by atoms with van der Waals surface area (Å²) < 4.78 is 13.1. The quantitative estimate of drug-likeness (QED) is 0.789. The lowest BCUT2D eigenvalue weighted by Crippen LogP contribution is -2.42. The average Bonchev–Trinajstić information content (AvgIpc) is 2.64. The molecule has 4 rings (SSSR count). The van der Waals surface area contributed by atoms with Crippen molar-refractivity contribution < 1.29 is 9.50 Å². The SMILES string of the molecule is OC1(c2ccc(F)cc2)CCN(Cc2ccc3ncccc3c2)CC1. The summed E-state index contributed by atoms with van der Waals surface area (Å²) in [6.07, 6.45) is 3.13. The number of hydrogen-bond acceptors (Lipinski definition) is 3. The third-order valence-corrected chi connectivity index (χ3v) is 5.14. The first kappa shape index (κ1) is 16.2. The van der Waals surface area contributed by atoms with Gasteiger partial charge in [0, 0.05) is 31.2 Å². The van der Waals surface area contributed by atoms with E-state index in [0.717, 1.165) is 36.1 Å². The van der Waals surface area contributed by atoms with Gasteiger partial charge in [-0.25, -0.2) is 4.39 Å². The number of piperidine rings is 1. The van der Waals surface area contributed by atoms with Crippen LogP contribution >= 0.6 is 0 Å². The van der Waals surface area contributed by atoms with E-state index in [1.165, 1.54) is 17.7 Å². The molecule has 3 nitrogen and oxygen atoms in total. The van der Waals surface area contributed by atoms with Crippen LogP contribution in [0.3, 0.4) is 0 Å². The number of likely N-dealkylation sites (tertiary alicyclic amines) is 1. The molecule has 0 bridgehead atoms. The minimum Gasteiger partial charge on any atom is -0.385 e. The van der Waals surface area contributed by atoms with Crippen LogP contribution in [0.2, 0.25) is 0 Å². The van der Waals surface area contributed by atoms with Crippen molar-refractivity contribution in [2.24, 2.45) is 0 Å². The standard InChI is InChI=1S/C21H21FN2O/c22-19-6-4-18(5-7-19)21(25)9-12-24(13-10-21)15-16-3-8-20-17(14-16)2-1-11-23-20/h1-8,11,14,25H,9-10,12-13,15H2.